The molecule has 0 rings (SSSR count). The van der Waals surface area contributed by atoms with Crippen LogP contribution in [0.3, 0.4) is 0 Å². The van der Waals surface area contributed by atoms with Crippen molar-refractivity contribution in [2.75, 3.05) is 47.5 Å². The predicted octanol–water partition coefficient (Wildman–Crippen LogP) is 24.4. The maximum absolute atomic E-state index is 12.9. The van der Waals surface area contributed by atoms with Crippen molar-refractivity contribution < 1.29 is 42.1 Å². The van der Waals surface area contributed by atoms with Gasteiger partial charge in [-0.1, -0.05) is 373 Å². The molecule has 512 valence electrons. The summed E-state index contributed by atoms with van der Waals surface area (Å²) in [5.41, 5.74) is 0. The minimum absolute atomic E-state index is 0.0261. The molecule has 0 aromatic heterocycles. The van der Waals surface area contributed by atoms with Gasteiger partial charge in [-0.3, -0.25) is 14.2 Å². The van der Waals surface area contributed by atoms with Crippen molar-refractivity contribution in [3.05, 3.63) is 12.2 Å². The first-order valence-corrected chi connectivity index (χ1v) is 39.9. The Hall–Kier alpha value is -1.25. The van der Waals surface area contributed by atoms with E-state index in [-0.39, 0.29) is 32.0 Å². The molecule has 10 heteroatoms. The number of phosphoric ester groups is 1. The van der Waals surface area contributed by atoms with Crippen molar-refractivity contribution in [1.82, 2.24) is 0 Å². The molecule has 0 heterocycles. The van der Waals surface area contributed by atoms with E-state index in [4.69, 9.17) is 18.5 Å². The average molecular weight is 1240 g/mol. The van der Waals surface area contributed by atoms with Crippen molar-refractivity contribution in [3.8, 4) is 0 Å². The summed E-state index contributed by atoms with van der Waals surface area (Å²) in [5, 5.41) is 0. The average Bonchev–Trinajstić information content (AvgIpc) is 3.53. The number of carbonyl (C=O) groups excluding carboxylic acids is 2. The Morgan fingerprint density at radius 2 is 0.593 bits per heavy atom. The lowest BCUT2D eigenvalue weighted by Gasteiger charge is -2.28. The molecule has 0 aromatic carbocycles. The van der Waals surface area contributed by atoms with E-state index in [1.807, 2.05) is 21.1 Å². The van der Waals surface area contributed by atoms with Gasteiger partial charge in [0.1, 0.15) is 19.8 Å². The van der Waals surface area contributed by atoms with Crippen molar-refractivity contribution >= 4 is 19.8 Å². The van der Waals surface area contributed by atoms with Crippen LogP contribution < -0.4 is 4.89 Å². The summed E-state index contributed by atoms with van der Waals surface area (Å²) in [7, 11) is 1.19. The largest absolute Gasteiger partial charge is 0.756 e. The summed E-state index contributed by atoms with van der Waals surface area (Å²) in [5.74, 6) is -0.805. The van der Waals surface area contributed by atoms with Gasteiger partial charge in [0.05, 0.1) is 27.7 Å². The summed E-state index contributed by atoms with van der Waals surface area (Å²) < 4.78 is 34.4. The first kappa shape index (κ1) is 84.8. The van der Waals surface area contributed by atoms with Gasteiger partial charge < -0.3 is 27.9 Å². The van der Waals surface area contributed by atoms with Gasteiger partial charge in [0.15, 0.2) is 6.10 Å². The van der Waals surface area contributed by atoms with Gasteiger partial charge in [0.2, 0.25) is 0 Å². The van der Waals surface area contributed by atoms with Crippen LogP contribution in [0.5, 0.6) is 0 Å². The van der Waals surface area contributed by atoms with E-state index in [0.717, 1.165) is 32.1 Å². The fourth-order valence-corrected chi connectivity index (χ4v) is 12.6. The quantitative estimate of drug-likeness (QED) is 0.0195. The van der Waals surface area contributed by atoms with Crippen LogP contribution in [0.25, 0.3) is 0 Å². The van der Waals surface area contributed by atoms with E-state index in [2.05, 4.69) is 26.0 Å². The highest BCUT2D eigenvalue weighted by Crippen LogP contribution is 2.38. The fourth-order valence-electron chi connectivity index (χ4n) is 11.9. The third-order valence-electron chi connectivity index (χ3n) is 17.8. The highest BCUT2D eigenvalue weighted by molar-refractivity contribution is 7.45. The normalized spacial score (nSPS) is 13.0. The second-order valence-electron chi connectivity index (χ2n) is 27.7. The van der Waals surface area contributed by atoms with E-state index in [0.29, 0.717) is 17.4 Å². The maximum Gasteiger partial charge on any atom is 0.306 e. The Kier molecular flexibility index (Phi) is 67.1. The number of allylic oxidation sites excluding steroid dienone is 2. The predicted molar refractivity (Wildman–Crippen MR) is 370 cm³/mol. The number of nitrogens with zero attached hydrogens (tertiary/aromatic N) is 1. The molecule has 0 amide bonds. The number of unbranched alkanes of at least 4 members (excludes halogenated alkanes) is 57. The maximum atomic E-state index is 12.9. The molecule has 86 heavy (non-hydrogen) atoms. The summed E-state index contributed by atoms with van der Waals surface area (Å²) in [6.07, 6.45) is 84.7. The number of likely N-dealkylation sites (N-methyl/N-ethyl adjacent to an activating group) is 1. The molecule has 0 N–H and O–H groups in total. The molecule has 0 saturated heterocycles. The van der Waals surface area contributed by atoms with Crippen LogP contribution >= 0.6 is 7.82 Å². The van der Waals surface area contributed by atoms with E-state index >= 15 is 0 Å². The highest BCUT2D eigenvalue weighted by atomic mass is 31.2. The number of hydrogen-bond acceptors (Lipinski definition) is 8. The Morgan fingerprint density at radius 3 is 0.860 bits per heavy atom. The van der Waals surface area contributed by atoms with E-state index in [9.17, 15) is 19.0 Å². The molecular formula is C76H150NO8P. The molecule has 0 saturated carbocycles. The Morgan fingerprint density at radius 1 is 0.349 bits per heavy atom. The molecule has 0 bridgehead atoms. The second kappa shape index (κ2) is 68.1. The zero-order valence-corrected chi connectivity index (χ0v) is 59.5. The van der Waals surface area contributed by atoms with Gasteiger partial charge >= 0.3 is 11.9 Å². The summed E-state index contributed by atoms with van der Waals surface area (Å²) in [6, 6.07) is 0. The number of carbonyl (C=O) groups is 2. The van der Waals surface area contributed by atoms with E-state index in [1.165, 1.54) is 347 Å². The topological polar surface area (TPSA) is 111 Å². The smallest absolute Gasteiger partial charge is 0.306 e. The van der Waals surface area contributed by atoms with Crippen LogP contribution in [0, 0.1) is 0 Å². The number of hydrogen-bond donors (Lipinski definition) is 0. The van der Waals surface area contributed by atoms with Crippen molar-refractivity contribution in [1.29, 1.82) is 0 Å². The van der Waals surface area contributed by atoms with Gasteiger partial charge in [-0.2, -0.15) is 0 Å². The SMILES string of the molecule is CCCCCCCCCC/C=C\CCCCCCCCCCCCCCCCCC(=O)OC(COC(=O)CCCCCCCCCCCCCCCCCCCCCCCCCCCCCCCCCCCCC)COP(=O)([O-])OCC[N+](C)(C)C. The summed E-state index contributed by atoms with van der Waals surface area (Å²) in [6.45, 7) is 4.33. The zero-order valence-electron chi connectivity index (χ0n) is 58.6. The zero-order chi connectivity index (χ0) is 62.6. The molecule has 0 aliphatic carbocycles. The molecular weight excluding hydrogens is 1090 g/mol. The van der Waals surface area contributed by atoms with Gasteiger partial charge in [-0.15, -0.1) is 0 Å². The van der Waals surface area contributed by atoms with Crippen molar-refractivity contribution in [2.45, 2.75) is 418 Å². The van der Waals surface area contributed by atoms with E-state index < -0.39 is 26.5 Å². The monoisotopic (exact) mass is 1240 g/mol. The molecule has 9 nitrogen and oxygen atoms in total. The minimum Gasteiger partial charge on any atom is -0.756 e. The van der Waals surface area contributed by atoms with Crippen LogP contribution in [0.2, 0.25) is 0 Å². The number of phosphoric acid groups is 1. The second-order valence-corrected chi connectivity index (χ2v) is 29.1. The number of esters is 2. The Labute approximate surface area is 537 Å². The van der Waals surface area contributed by atoms with Gasteiger partial charge in [-0.05, 0) is 38.5 Å². The number of rotatable bonds is 73. The van der Waals surface area contributed by atoms with Crippen LogP contribution in [0.4, 0.5) is 0 Å². The molecule has 0 aliphatic heterocycles. The first-order chi connectivity index (χ1) is 42.0. The fraction of sp³-hybridized carbons (Fsp3) is 0.947. The Balaban J connectivity index is 3.91. The minimum atomic E-state index is -4.64. The first-order valence-electron chi connectivity index (χ1n) is 38.4. The number of quaternary nitrogens is 1. The van der Waals surface area contributed by atoms with Gasteiger partial charge in [0, 0.05) is 12.8 Å². The molecule has 0 aromatic rings. The van der Waals surface area contributed by atoms with Crippen LogP contribution in [-0.4, -0.2) is 70.0 Å². The molecule has 0 radical (unpaired) electrons. The summed E-state index contributed by atoms with van der Waals surface area (Å²) in [4.78, 5) is 38.1. The van der Waals surface area contributed by atoms with Crippen LogP contribution in [0.1, 0.15) is 412 Å². The highest BCUT2D eigenvalue weighted by Gasteiger charge is 2.22. The Bertz CT molecular complexity index is 1450. The standard InChI is InChI=1S/C76H150NO8P/c1-6-8-10-12-14-16-18-20-22-24-26-28-30-32-34-35-36-37-38-39-40-41-43-44-46-48-50-52-54-56-58-60-62-64-66-68-75(78)82-72-74(73-84-86(80,81)83-71-70-77(3,4)5)85-76(79)69-67-65-63-61-59-57-55-53-51-49-47-45-42-33-31-29-27-25-23-21-19-17-15-13-11-9-7-2/h25,27,74H,6-24,26,28-73H2,1-5H3/b27-25-. The molecule has 0 fully saturated rings. The lowest BCUT2D eigenvalue weighted by molar-refractivity contribution is -0.870. The molecule has 2 atom stereocenters. The van der Waals surface area contributed by atoms with Gasteiger partial charge in [0.25, 0.3) is 7.82 Å². The van der Waals surface area contributed by atoms with Crippen LogP contribution in [-0.2, 0) is 32.7 Å². The molecule has 0 spiro atoms. The molecule has 2 unspecified atom stereocenters. The van der Waals surface area contributed by atoms with Crippen molar-refractivity contribution in [3.63, 3.8) is 0 Å². The molecule has 0 aliphatic rings. The van der Waals surface area contributed by atoms with E-state index in [1.54, 1.807) is 0 Å². The van der Waals surface area contributed by atoms with Crippen LogP contribution in [0.15, 0.2) is 12.2 Å². The third kappa shape index (κ3) is 71.8. The van der Waals surface area contributed by atoms with Crippen molar-refractivity contribution in [2.24, 2.45) is 0 Å². The summed E-state index contributed by atoms with van der Waals surface area (Å²) >= 11 is 0. The lowest BCUT2D eigenvalue weighted by Crippen LogP contribution is -2.37. The lowest BCUT2D eigenvalue weighted by atomic mass is 10.0. The third-order valence-corrected chi connectivity index (χ3v) is 18.7. The van der Waals surface area contributed by atoms with Gasteiger partial charge in [-0.25, -0.2) is 0 Å². The number of ether oxygens (including phenoxy) is 2.